The summed E-state index contributed by atoms with van der Waals surface area (Å²) in [7, 11) is 1.70. The van der Waals surface area contributed by atoms with Crippen LogP contribution in [-0.2, 0) is 15.6 Å². The molecule has 1 N–H and O–H groups in total. The molecule has 3 aromatic carbocycles. The van der Waals surface area contributed by atoms with E-state index in [2.05, 4.69) is 64.3 Å². The number of ether oxygens (including phenoxy) is 1. The molecule has 2 aliphatic rings. The molecule has 5 rings (SSSR count). The third-order valence-electron chi connectivity index (χ3n) is 8.16. The largest absolute Gasteiger partial charge is 0.497 e. The van der Waals surface area contributed by atoms with Gasteiger partial charge in [-0.15, -0.1) is 0 Å². The average Bonchev–Trinajstić information content (AvgIpc) is 3.24. The summed E-state index contributed by atoms with van der Waals surface area (Å²) in [4.78, 5) is 13.5. The second-order valence-corrected chi connectivity index (χ2v) is 11.1. The number of hydrogen-bond donors (Lipinski definition) is 1. The van der Waals surface area contributed by atoms with E-state index in [1.165, 1.54) is 16.7 Å². The van der Waals surface area contributed by atoms with Crippen molar-refractivity contribution in [1.82, 2.24) is 5.32 Å². The van der Waals surface area contributed by atoms with Gasteiger partial charge in [0.05, 0.1) is 24.2 Å². The zero-order valence-electron chi connectivity index (χ0n) is 20.1. The van der Waals surface area contributed by atoms with Gasteiger partial charge in [0.2, 0.25) is 5.91 Å². The molecule has 1 saturated carbocycles. The molecule has 184 valence electrons. The van der Waals surface area contributed by atoms with Crippen molar-refractivity contribution in [3.05, 3.63) is 99.6 Å². The SMILES string of the molecule is COc1ccc([C@@H]2CC[C@@]3(Cc4ccc(C#N)cc4)C(=O)NC[C@H]3[C@H]2c2ccc(Cl)cc2)c(CI)c1. The number of amides is 1. The number of hydrogen-bond acceptors (Lipinski definition) is 3. The first kappa shape index (κ1) is 25.1. The van der Waals surface area contributed by atoms with Crippen LogP contribution in [0, 0.1) is 22.7 Å². The van der Waals surface area contributed by atoms with Crippen molar-refractivity contribution in [1.29, 1.82) is 5.26 Å². The summed E-state index contributed by atoms with van der Waals surface area (Å²) in [6.07, 6.45) is 2.42. The van der Waals surface area contributed by atoms with Gasteiger partial charge in [-0.05, 0) is 95.7 Å². The van der Waals surface area contributed by atoms with Gasteiger partial charge in [-0.1, -0.05) is 64.5 Å². The Balaban J connectivity index is 1.59. The number of alkyl halides is 1. The van der Waals surface area contributed by atoms with Crippen LogP contribution in [0.15, 0.2) is 66.7 Å². The average molecular weight is 611 g/mol. The van der Waals surface area contributed by atoms with Crippen molar-refractivity contribution < 1.29 is 9.53 Å². The lowest BCUT2D eigenvalue weighted by Gasteiger charge is -2.47. The Kier molecular flexibility index (Phi) is 7.28. The Morgan fingerprint density at radius 3 is 2.56 bits per heavy atom. The Bertz CT molecular complexity index is 1300. The Morgan fingerprint density at radius 1 is 1.14 bits per heavy atom. The van der Waals surface area contributed by atoms with E-state index in [1.54, 1.807) is 7.11 Å². The summed E-state index contributed by atoms with van der Waals surface area (Å²) in [5.74, 6) is 1.62. The van der Waals surface area contributed by atoms with Gasteiger partial charge in [-0.3, -0.25) is 4.79 Å². The van der Waals surface area contributed by atoms with Gasteiger partial charge in [-0.25, -0.2) is 0 Å². The fourth-order valence-electron chi connectivity index (χ4n) is 6.43. The lowest BCUT2D eigenvalue weighted by molar-refractivity contribution is -0.131. The van der Waals surface area contributed by atoms with Crippen LogP contribution in [0.1, 0.15) is 52.5 Å². The molecule has 1 aliphatic heterocycles. The maximum atomic E-state index is 13.5. The van der Waals surface area contributed by atoms with E-state index in [1.807, 2.05) is 36.4 Å². The highest BCUT2D eigenvalue weighted by molar-refractivity contribution is 14.1. The Labute approximate surface area is 231 Å². The topological polar surface area (TPSA) is 62.1 Å². The number of nitrogens with one attached hydrogen (secondary N) is 1. The maximum Gasteiger partial charge on any atom is 0.226 e. The molecule has 1 aliphatic carbocycles. The van der Waals surface area contributed by atoms with E-state index >= 15 is 0 Å². The number of nitrogens with zero attached hydrogens (tertiary/aromatic N) is 1. The smallest absolute Gasteiger partial charge is 0.226 e. The van der Waals surface area contributed by atoms with Gasteiger partial charge in [0, 0.05) is 16.0 Å². The van der Waals surface area contributed by atoms with E-state index in [4.69, 9.17) is 16.3 Å². The molecule has 0 bridgehead atoms. The van der Waals surface area contributed by atoms with Crippen molar-refractivity contribution in [2.45, 2.75) is 35.5 Å². The van der Waals surface area contributed by atoms with Gasteiger partial charge >= 0.3 is 0 Å². The number of methoxy groups -OCH3 is 1. The summed E-state index contributed by atoms with van der Waals surface area (Å²) >= 11 is 8.70. The van der Waals surface area contributed by atoms with Crippen LogP contribution in [-0.4, -0.2) is 19.6 Å². The lowest BCUT2D eigenvalue weighted by Crippen LogP contribution is -2.44. The Hall–Kier alpha value is -2.56. The zero-order chi connectivity index (χ0) is 25.3. The van der Waals surface area contributed by atoms with Crippen LogP contribution < -0.4 is 10.1 Å². The molecule has 3 aromatic rings. The molecular formula is C30H28ClIN2O2. The molecule has 0 spiro atoms. The van der Waals surface area contributed by atoms with E-state index in [0.29, 0.717) is 23.6 Å². The minimum absolute atomic E-state index is 0.143. The highest BCUT2D eigenvalue weighted by Crippen LogP contribution is 2.58. The van der Waals surface area contributed by atoms with Gasteiger partial charge in [0.15, 0.2) is 0 Å². The number of carbonyl (C=O) groups is 1. The number of benzene rings is 3. The molecule has 2 fully saturated rings. The first-order valence-electron chi connectivity index (χ1n) is 12.2. The highest BCUT2D eigenvalue weighted by Gasteiger charge is 2.57. The quantitative estimate of drug-likeness (QED) is 0.247. The molecule has 0 radical (unpaired) electrons. The minimum atomic E-state index is -0.480. The molecular weight excluding hydrogens is 583 g/mol. The van der Waals surface area contributed by atoms with Crippen molar-refractivity contribution in [3.8, 4) is 11.8 Å². The normalized spacial score (nSPS) is 25.1. The molecule has 6 heteroatoms. The van der Waals surface area contributed by atoms with Crippen molar-refractivity contribution in [2.75, 3.05) is 13.7 Å². The number of nitriles is 1. The van der Waals surface area contributed by atoms with Crippen molar-refractivity contribution in [2.24, 2.45) is 11.3 Å². The standard InChI is InChI=1S/C30H28ClIN2O2/c1-36-24-10-11-25(22(14-24)16-32)26-12-13-30(15-19-2-4-20(17-33)5-3-19)27(18-34-29(30)35)28(26)21-6-8-23(31)9-7-21/h2-11,14,26-28H,12-13,15-16,18H2,1H3,(H,34,35)/t26-,27-,28-,30-/m0/s1. The van der Waals surface area contributed by atoms with Gasteiger partial charge in [0.1, 0.15) is 5.75 Å². The zero-order valence-corrected chi connectivity index (χ0v) is 23.1. The number of halogens is 2. The fourth-order valence-corrected chi connectivity index (χ4v) is 7.22. The van der Waals surface area contributed by atoms with Crippen LogP contribution in [0.3, 0.4) is 0 Å². The van der Waals surface area contributed by atoms with Crippen LogP contribution in [0.25, 0.3) is 0 Å². The number of carbonyl (C=O) groups excluding carboxylic acids is 1. The predicted octanol–water partition coefficient (Wildman–Crippen LogP) is 6.79. The van der Waals surface area contributed by atoms with Crippen LogP contribution in [0.5, 0.6) is 5.75 Å². The summed E-state index contributed by atoms with van der Waals surface area (Å²) in [5, 5.41) is 13.2. The minimum Gasteiger partial charge on any atom is -0.497 e. The molecule has 1 saturated heterocycles. The van der Waals surface area contributed by atoms with E-state index in [0.717, 1.165) is 28.6 Å². The number of rotatable bonds is 6. The third-order valence-corrected chi connectivity index (χ3v) is 9.24. The van der Waals surface area contributed by atoms with Crippen LogP contribution >= 0.6 is 34.2 Å². The van der Waals surface area contributed by atoms with Crippen LogP contribution in [0.4, 0.5) is 0 Å². The molecule has 0 aromatic heterocycles. The van der Waals surface area contributed by atoms with E-state index < -0.39 is 5.41 Å². The lowest BCUT2D eigenvalue weighted by atomic mass is 9.54. The summed E-state index contributed by atoms with van der Waals surface area (Å²) < 4.78 is 6.41. The van der Waals surface area contributed by atoms with Crippen molar-refractivity contribution >= 4 is 40.1 Å². The first-order chi connectivity index (χ1) is 17.5. The first-order valence-corrected chi connectivity index (χ1v) is 14.1. The molecule has 0 unspecified atom stereocenters. The second kappa shape index (κ2) is 10.4. The van der Waals surface area contributed by atoms with E-state index in [-0.39, 0.29) is 23.7 Å². The fraction of sp³-hybridized carbons (Fsp3) is 0.333. The highest BCUT2D eigenvalue weighted by atomic mass is 127. The molecule has 4 nitrogen and oxygen atoms in total. The molecule has 1 amide bonds. The second-order valence-electron chi connectivity index (χ2n) is 9.88. The summed E-state index contributed by atoms with van der Waals surface area (Å²) in [6.45, 7) is 0.661. The summed E-state index contributed by atoms with van der Waals surface area (Å²) in [5.41, 5.74) is 5.11. The van der Waals surface area contributed by atoms with Gasteiger partial charge < -0.3 is 10.1 Å². The van der Waals surface area contributed by atoms with E-state index in [9.17, 15) is 10.1 Å². The third kappa shape index (κ3) is 4.50. The van der Waals surface area contributed by atoms with Gasteiger partial charge in [0.25, 0.3) is 0 Å². The van der Waals surface area contributed by atoms with Crippen LogP contribution in [0.2, 0.25) is 5.02 Å². The number of fused-ring (bicyclic) bond motifs is 1. The Morgan fingerprint density at radius 2 is 1.89 bits per heavy atom. The van der Waals surface area contributed by atoms with Crippen molar-refractivity contribution in [3.63, 3.8) is 0 Å². The molecule has 1 heterocycles. The summed E-state index contributed by atoms with van der Waals surface area (Å²) in [6, 6.07) is 24.5. The van der Waals surface area contributed by atoms with Gasteiger partial charge in [-0.2, -0.15) is 5.26 Å². The molecule has 36 heavy (non-hydrogen) atoms. The monoisotopic (exact) mass is 610 g/mol. The predicted molar refractivity (Wildman–Crippen MR) is 151 cm³/mol. The molecule has 4 atom stereocenters. The maximum absolute atomic E-state index is 13.5.